The Kier molecular flexibility index (Phi) is 6.58. The molecule has 1 saturated carbocycles. The van der Waals surface area contributed by atoms with Crippen molar-refractivity contribution in [1.82, 2.24) is 35.0 Å². The Bertz CT molecular complexity index is 1730. The maximum absolute atomic E-state index is 16.2. The highest BCUT2D eigenvalue weighted by molar-refractivity contribution is 5.98. The van der Waals surface area contributed by atoms with Gasteiger partial charge in [-0.1, -0.05) is 19.3 Å². The number of anilines is 2. The molecule has 5 heterocycles. The average Bonchev–Trinajstić information content (AvgIpc) is 3.63. The van der Waals surface area contributed by atoms with Crippen molar-refractivity contribution in [2.45, 2.75) is 32.1 Å². The smallest absolute Gasteiger partial charge is 0.227 e. The molecule has 4 aromatic heterocycles. The number of nitrogens with zero attached hydrogens (tertiary/aromatic N) is 6. The van der Waals surface area contributed by atoms with Crippen molar-refractivity contribution in [3.05, 3.63) is 48.7 Å². The molecule has 0 spiro atoms. The number of amides is 1. The van der Waals surface area contributed by atoms with Gasteiger partial charge in [-0.3, -0.25) is 14.9 Å². The number of rotatable bonds is 5. The molecule has 1 saturated heterocycles. The molecule has 2 aliphatic rings. The van der Waals surface area contributed by atoms with E-state index in [9.17, 15) is 4.79 Å². The van der Waals surface area contributed by atoms with E-state index < -0.39 is 5.82 Å². The van der Waals surface area contributed by atoms with E-state index in [0.717, 1.165) is 68.7 Å². The maximum Gasteiger partial charge on any atom is 0.227 e. The summed E-state index contributed by atoms with van der Waals surface area (Å²) in [7, 11) is 2.11. The predicted octanol–water partition coefficient (Wildman–Crippen LogP) is 4.97. The highest BCUT2D eigenvalue weighted by Crippen LogP contribution is 2.35. The van der Waals surface area contributed by atoms with Crippen LogP contribution in [-0.4, -0.2) is 74.2 Å². The lowest BCUT2D eigenvalue weighted by Crippen LogP contribution is -2.44. The number of nitrogens with one attached hydrogen (secondary N) is 3. The molecule has 11 heteroatoms. The van der Waals surface area contributed by atoms with Crippen molar-refractivity contribution in [3.63, 3.8) is 0 Å². The number of carbonyl (C=O) groups excluding carboxylic acids is 1. The minimum absolute atomic E-state index is 0.00649. The van der Waals surface area contributed by atoms with Crippen LogP contribution in [0.5, 0.6) is 0 Å². The summed E-state index contributed by atoms with van der Waals surface area (Å²) in [6, 6.07) is 7.16. The van der Waals surface area contributed by atoms with Crippen LogP contribution in [0.15, 0.2) is 42.9 Å². The minimum Gasteiger partial charge on any atom is -0.352 e. The highest BCUT2D eigenvalue weighted by Gasteiger charge is 2.24. The number of H-pyrrole nitrogens is 2. The summed E-state index contributed by atoms with van der Waals surface area (Å²) < 4.78 is 16.2. The van der Waals surface area contributed by atoms with Gasteiger partial charge in [0.15, 0.2) is 11.6 Å². The topological polar surface area (TPSA) is 119 Å². The third kappa shape index (κ3) is 4.80. The fraction of sp³-hybridized carbons (Fsp3) is 0.367. The van der Waals surface area contributed by atoms with Gasteiger partial charge in [-0.05, 0) is 44.2 Å². The van der Waals surface area contributed by atoms with E-state index in [2.05, 4.69) is 47.3 Å². The largest absolute Gasteiger partial charge is 0.352 e. The van der Waals surface area contributed by atoms with Crippen molar-refractivity contribution in [1.29, 1.82) is 0 Å². The van der Waals surface area contributed by atoms with Crippen molar-refractivity contribution < 1.29 is 9.18 Å². The van der Waals surface area contributed by atoms with Crippen molar-refractivity contribution >= 4 is 39.3 Å². The van der Waals surface area contributed by atoms with Gasteiger partial charge in [0, 0.05) is 55.6 Å². The van der Waals surface area contributed by atoms with Crippen LogP contribution in [0.4, 0.5) is 15.9 Å². The quantitative estimate of drug-likeness (QED) is 0.281. The second kappa shape index (κ2) is 10.5. The Hall–Kier alpha value is -4.38. The molecular formula is C30H32FN9O. The standard InChI is InChI=1S/C30H32FN9O/c1-39-11-13-40(14-12-39)29-26-23(9-10-33-29)35-28(36-26)27-24-22(37-38-27)8-7-21(25(24)31)19-15-20(17-32-16-19)34-30(41)18-5-3-2-4-6-18/h7-10,15-18H,2-6,11-14H2,1H3,(H,34,41)(H,35,36)(H,37,38). The average molecular weight is 554 g/mol. The monoisotopic (exact) mass is 553 g/mol. The van der Waals surface area contributed by atoms with Crippen LogP contribution in [-0.2, 0) is 4.79 Å². The van der Waals surface area contributed by atoms with Crippen LogP contribution in [0, 0.1) is 11.7 Å². The van der Waals surface area contributed by atoms with Gasteiger partial charge >= 0.3 is 0 Å². The zero-order valence-corrected chi connectivity index (χ0v) is 23.0. The first-order valence-corrected chi connectivity index (χ1v) is 14.3. The molecule has 1 aliphatic heterocycles. The summed E-state index contributed by atoms with van der Waals surface area (Å²) in [5.41, 5.74) is 4.03. The van der Waals surface area contributed by atoms with Gasteiger partial charge < -0.3 is 20.1 Å². The summed E-state index contributed by atoms with van der Waals surface area (Å²) in [6.45, 7) is 3.63. The number of aromatic amines is 2. The summed E-state index contributed by atoms with van der Waals surface area (Å²) in [5, 5.41) is 10.7. The lowest BCUT2D eigenvalue weighted by molar-refractivity contribution is -0.120. The van der Waals surface area contributed by atoms with Crippen LogP contribution in [0.2, 0.25) is 0 Å². The van der Waals surface area contributed by atoms with Gasteiger partial charge in [-0.2, -0.15) is 5.10 Å². The van der Waals surface area contributed by atoms with E-state index in [1.165, 1.54) is 6.42 Å². The van der Waals surface area contributed by atoms with Gasteiger partial charge in [0.2, 0.25) is 5.91 Å². The lowest BCUT2D eigenvalue weighted by atomic mass is 9.88. The van der Waals surface area contributed by atoms with Crippen LogP contribution in [0.1, 0.15) is 32.1 Å². The third-order valence-electron chi connectivity index (χ3n) is 8.37. The molecule has 41 heavy (non-hydrogen) atoms. The number of hydrogen-bond donors (Lipinski definition) is 3. The van der Waals surface area contributed by atoms with Crippen LogP contribution < -0.4 is 10.2 Å². The Morgan fingerprint density at radius 1 is 1.05 bits per heavy atom. The zero-order valence-electron chi connectivity index (χ0n) is 23.0. The second-order valence-electron chi connectivity index (χ2n) is 11.1. The molecule has 0 atom stereocenters. The second-order valence-corrected chi connectivity index (χ2v) is 11.1. The first kappa shape index (κ1) is 25.6. The van der Waals surface area contributed by atoms with Crippen LogP contribution in [0.3, 0.4) is 0 Å². The Labute approximate surface area is 236 Å². The highest BCUT2D eigenvalue weighted by atomic mass is 19.1. The molecule has 0 bridgehead atoms. The number of piperazine rings is 1. The van der Waals surface area contributed by atoms with Gasteiger partial charge in [-0.15, -0.1) is 0 Å². The molecule has 1 amide bonds. The first-order chi connectivity index (χ1) is 20.0. The van der Waals surface area contributed by atoms with Gasteiger partial charge in [0.05, 0.1) is 28.3 Å². The van der Waals surface area contributed by atoms with Crippen LogP contribution in [0.25, 0.3) is 44.6 Å². The van der Waals surface area contributed by atoms with E-state index in [0.29, 0.717) is 39.2 Å². The fourth-order valence-corrected chi connectivity index (χ4v) is 6.01. The van der Waals surface area contributed by atoms with Crippen molar-refractivity contribution in [2.75, 3.05) is 43.4 Å². The zero-order chi connectivity index (χ0) is 27.9. The number of benzene rings is 1. The summed E-state index contributed by atoms with van der Waals surface area (Å²) in [6.07, 6.45) is 10.1. The van der Waals surface area contributed by atoms with Gasteiger partial charge in [0.25, 0.3) is 0 Å². The van der Waals surface area contributed by atoms with E-state index in [4.69, 9.17) is 4.98 Å². The predicted molar refractivity (Wildman–Crippen MR) is 157 cm³/mol. The number of hydrogen-bond acceptors (Lipinski definition) is 7. The lowest BCUT2D eigenvalue weighted by Gasteiger charge is -2.33. The molecule has 10 nitrogen and oxygen atoms in total. The SMILES string of the molecule is CN1CCN(c2nccc3[nH]c(-c4n[nH]c5ccc(-c6cncc(NC(=O)C7CCCCC7)c6)c(F)c45)nc23)CC1. The number of aromatic nitrogens is 6. The maximum atomic E-state index is 16.2. The van der Waals surface area contributed by atoms with Gasteiger partial charge in [0.1, 0.15) is 17.0 Å². The Morgan fingerprint density at radius 2 is 1.88 bits per heavy atom. The molecular weight excluding hydrogens is 521 g/mol. The Balaban J connectivity index is 1.22. The Morgan fingerprint density at radius 3 is 2.71 bits per heavy atom. The molecule has 1 aliphatic carbocycles. The number of imidazole rings is 1. The molecule has 2 fully saturated rings. The van der Waals surface area contributed by atoms with Crippen LogP contribution >= 0.6 is 0 Å². The third-order valence-corrected chi connectivity index (χ3v) is 8.37. The van der Waals surface area contributed by atoms with E-state index >= 15 is 4.39 Å². The summed E-state index contributed by atoms with van der Waals surface area (Å²) >= 11 is 0. The number of fused-ring (bicyclic) bond motifs is 2. The first-order valence-electron chi connectivity index (χ1n) is 14.3. The minimum atomic E-state index is -0.429. The number of halogens is 1. The summed E-state index contributed by atoms with van der Waals surface area (Å²) in [4.78, 5) is 34.4. The molecule has 5 aromatic rings. The molecule has 3 N–H and O–H groups in total. The number of carbonyl (C=O) groups is 1. The van der Waals surface area contributed by atoms with E-state index in [1.54, 1.807) is 36.8 Å². The molecule has 0 unspecified atom stereocenters. The van der Waals surface area contributed by atoms with Crippen molar-refractivity contribution in [3.8, 4) is 22.6 Å². The fourth-order valence-electron chi connectivity index (χ4n) is 6.01. The number of pyridine rings is 2. The summed E-state index contributed by atoms with van der Waals surface area (Å²) in [5.74, 6) is 0.882. The molecule has 210 valence electrons. The normalized spacial score (nSPS) is 17.0. The molecule has 1 aromatic carbocycles. The van der Waals surface area contributed by atoms with E-state index in [1.807, 2.05) is 6.07 Å². The van der Waals surface area contributed by atoms with E-state index in [-0.39, 0.29) is 11.8 Å². The molecule has 7 rings (SSSR count). The van der Waals surface area contributed by atoms with Crippen molar-refractivity contribution in [2.24, 2.45) is 5.92 Å². The number of likely N-dealkylation sites (N-methyl/N-ethyl adjacent to an activating group) is 1. The molecule has 0 radical (unpaired) electrons. The van der Waals surface area contributed by atoms with Gasteiger partial charge in [-0.25, -0.2) is 14.4 Å².